The first-order valence-corrected chi connectivity index (χ1v) is 12.9. The highest BCUT2D eigenvalue weighted by Crippen LogP contribution is 2.66. The summed E-state index contributed by atoms with van der Waals surface area (Å²) in [6, 6.07) is 10.00. The normalized spacial score (nSPS) is 37.5. The lowest BCUT2D eigenvalue weighted by Gasteiger charge is -2.58. The summed E-state index contributed by atoms with van der Waals surface area (Å²) in [5.41, 5.74) is 2.04. The quantitative estimate of drug-likeness (QED) is 0.438. The summed E-state index contributed by atoms with van der Waals surface area (Å²) >= 11 is 0. The predicted molar refractivity (Wildman–Crippen MR) is 127 cm³/mol. The average molecular weight is 425 g/mol. The van der Waals surface area contributed by atoms with Gasteiger partial charge in [-0.25, -0.2) is 0 Å². The molecule has 0 heterocycles. The van der Waals surface area contributed by atoms with E-state index in [1.54, 1.807) is 0 Å². The Morgan fingerprint density at radius 1 is 1.03 bits per heavy atom. The van der Waals surface area contributed by atoms with Gasteiger partial charge in [0.2, 0.25) is 0 Å². The van der Waals surface area contributed by atoms with Gasteiger partial charge in [0.25, 0.3) is 0 Å². The zero-order valence-corrected chi connectivity index (χ0v) is 20.5. The van der Waals surface area contributed by atoms with Gasteiger partial charge in [-0.15, -0.1) is 0 Å². The van der Waals surface area contributed by atoms with Crippen molar-refractivity contribution >= 4 is 5.97 Å². The first-order chi connectivity index (χ1) is 14.7. The first kappa shape index (κ1) is 22.9. The second kappa shape index (κ2) is 8.91. The molecule has 1 aromatic carbocycles. The second-order valence-electron chi connectivity index (χ2n) is 12.1. The van der Waals surface area contributed by atoms with Gasteiger partial charge in [-0.1, -0.05) is 65.0 Å². The summed E-state index contributed by atoms with van der Waals surface area (Å²) in [6.45, 7) is 13.0. The number of benzene rings is 1. The van der Waals surface area contributed by atoms with Gasteiger partial charge in [-0.05, 0) is 96.8 Å². The van der Waals surface area contributed by atoms with Crippen molar-refractivity contribution in [2.24, 2.45) is 46.3 Å². The topological polar surface area (TPSA) is 26.3 Å². The van der Waals surface area contributed by atoms with E-state index < -0.39 is 0 Å². The number of esters is 1. The molecule has 3 saturated carbocycles. The maximum atomic E-state index is 12.4. The molecule has 1 aromatic rings. The van der Waals surface area contributed by atoms with E-state index in [4.69, 9.17) is 4.74 Å². The highest BCUT2D eigenvalue weighted by molar-refractivity contribution is 5.69. The van der Waals surface area contributed by atoms with Crippen LogP contribution in [-0.2, 0) is 16.1 Å². The summed E-state index contributed by atoms with van der Waals surface area (Å²) in [5, 5.41) is 0. The van der Waals surface area contributed by atoms with Crippen molar-refractivity contribution in [3.05, 3.63) is 35.9 Å². The van der Waals surface area contributed by atoms with Crippen molar-refractivity contribution in [3.63, 3.8) is 0 Å². The third-order valence-electron chi connectivity index (χ3n) is 10.4. The minimum atomic E-state index is -0.0397. The van der Waals surface area contributed by atoms with Gasteiger partial charge in [-0.2, -0.15) is 0 Å². The van der Waals surface area contributed by atoms with E-state index in [9.17, 15) is 4.79 Å². The molecule has 3 fully saturated rings. The lowest BCUT2D eigenvalue weighted by atomic mass is 9.47. The summed E-state index contributed by atoms with van der Waals surface area (Å²) < 4.78 is 5.54. The van der Waals surface area contributed by atoms with Gasteiger partial charge in [0.15, 0.2) is 0 Å². The monoisotopic (exact) mass is 424 g/mol. The number of fused-ring (bicyclic) bond motifs is 3. The maximum absolute atomic E-state index is 12.4. The van der Waals surface area contributed by atoms with Crippen molar-refractivity contribution in [3.8, 4) is 0 Å². The van der Waals surface area contributed by atoms with Crippen LogP contribution in [0.5, 0.6) is 0 Å². The summed E-state index contributed by atoms with van der Waals surface area (Å²) in [7, 11) is 0. The van der Waals surface area contributed by atoms with Crippen LogP contribution in [0.2, 0.25) is 0 Å². The number of ether oxygens (including phenoxy) is 1. The van der Waals surface area contributed by atoms with Crippen molar-refractivity contribution in [1.82, 2.24) is 0 Å². The van der Waals surface area contributed by atoms with Gasteiger partial charge in [0.1, 0.15) is 6.61 Å². The lowest BCUT2D eigenvalue weighted by Crippen LogP contribution is -2.50. The molecule has 4 rings (SSSR count). The minimum Gasteiger partial charge on any atom is -0.461 e. The molecule has 0 radical (unpaired) electrons. The fourth-order valence-corrected chi connectivity index (χ4v) is 8.13. The molecular formula is C29H44O2. The Balaban J connectivity index is 1.33. The van der Waals surface area contributed by atoms with Crippen LogP contribution in [0, 0.1) is 46.3 Å². The van der Waals surface area contributed by atoms with Gasteiger partial charge < -0.3 is 4.74 Å². The molecule has 6 unspecified atom stereocenters. The predicted octanol–water partition coefficient (Wildman–Crippen LogP) is 7.66. The van der Waals surface area contributed by atoms with Crippen LogP contribution in [0.15, 0.2) is 30.3 Å². The molecule has 2 heteroatoms. The van der Waals surface area contributed by atoms with E-state index in [0.717, 1.165) is 41.6 Å². The zero-order chi connectivity index (χ0) is 22.2. The van der Waals surface area contributed by atoms with Crippen molar-refractivity contribution in [2.75, 3.05) is 0 Å². The molecule has 0 N–H and O–H groups in total. The van der Waals surface area contributed by atoms with E-state index >= 15 is 0 Å². The Bertz CT molecular complexity index is 753. The molecule has 172 valence electrons. The van der Waals surface area contributed by atoms with Gasteiger partial charge in [0.05, 0.1) is 0 Å². The van der Waals surface area contributed by atoms with E-state index in [0.29, 0.717) is 29.8 Å². The Hall–Kier alpha value is -1.31. The number of hydrogen-bond donors (Lipinski definition) is 0. The molecule has 0 bridgehead atoms. The van der Waals surface area contributed by atoms with Crippen molar-refractivity contribution < 1.29 is 9.53 Å². The van der Waals surface area contributed by atoms with Crippen LogP contribution in [0.3, 0.4) is 0 Å². The Labute approximate surface area is 190 Å². The number of carbonyl (C=O) groups excluding carboxylic acids is 1. The molecule has 7 atom stereocenters. The summed E-state index contributed by atoms with van der Waals surface area (Å²) in [5.74, 6) is 4.93. The standard InChI is InChI=1S/C29H44O2/c1-20(11-16-27(30)31-19-22-9-7-6-8-10-22)24-14-15-26-23-13-12-21(2)28(3,4)25(23)17-18-29(24,26)5/h6-10,20-21,23-26H,11-19H2,1-5H3/t20-,21?,23?,24?,25?,26?,29?/m1/s1. The molecule has 3 aliphatic rings. The van der Waals surface area contributed by atoms with E-state index in [-0.39, 0.29) is 5.97 Å². The van der Waals surface area contributed by atoms with E-state index in [2.05, 4.69) is 34.6 Å². The number of carbonyl (C=O) groups is 1. The minimum absolute atomic E-state index is 0.0397. The van der Waals surface area contributed by atoms with Crippen LogP contribution >= 0.6 is 0 Å². The largest absolute Gasteiger partial charge is 0.461 e. The van der Waals surface area contributed by atoms with Crippen LogP contribution in [0.25, 0.3) is 0 Å². The van der Waals surface area contributed by atoms with Crippen molar-refractivity contribution in [1.29, 1.82) is 0 Å². The molecule has 31 heavy (non-hydrogen) atoms. The van der Waals surface area contributed by atoms with Gasteiger partial charge in [-0.3, -0.25) is 4.79 Å². The van der Waals surface area contributed by atoms with Gasteiger partial charge >= 0.3 is 5.97 Å². The SMILES string of the molecule is CC1CCC2C(CCC3(C)C2CCC3[C@H](C)CCC(=O)OCc2ccccc2)C1(C)C. The molecular weight excluding hydrogens is 380 g/mol. The first-order valence-electron chi connectivity index (χ1n) is 12.9. The molecule has 0 spiro atoms. The summed E-state index contributed by atoms with van der Waals surface area (Å²) in [6.07, 6.45) is 9.96. The third kappa shape index (κ3) is 4.33. The average Bonchev–Trinajstić information content (AvgIpc) is 3.11. The Morgan fingerprint density at radius 3 is 2.52 bits per heavy atom. The molecule has 0 saturated heterocycles. The fraction of sp³-hybridized carbons (Fsp3) is 0.759. The Kier molecular flexibility index (Phi) is 6.57. The van der Waals surface area contributed by atoms with Crippen LogP contribution in [0.1, 0.15) is 91.5 Å². The van der Waals surface area contributed by atoms with Crippen LogP contribution in [0.4, 0.5) is 0 Å². The third-order valence-corrected chi connectivity index (χ3v) is 10.4. The lowest BCUT2D eigenvalue weighted by molar-refractivity contribution is -0.145. The zero-order valence-electron chi connectivity index (χ0n) is 20.5. The maximum Gasteiger partial charge on any atom is 0.306 e. The smallest absolute Gasteiger partial charge is 0.306 e. The van der Waals surface area contributed by atoms with E-state index in [1.165, 1.54) is 38.5 Å². The molecule has 3 aliphatic carbocycles. The van der Waals surface area contributed by atoms with Crippen LogP contribution < -0.4 is 0 Å². The molecule has 2 nitrogen and oxygen atoms in total. The number of rotatable bonds is 6. The van der Waals surface area contributed by atoms with Crippen molar-refractivity contribution in [2.45, 2.75) is 92.6 Å². The number of hydrogen-bond acceptors (Lipinski definition) is 2. The highest BCUT2D eigenvalue weighted by atomic mass is 16.5. The van der Waals surface area contributed by atoms with Gasteiger partial charge in [0, 0.05) is 6.42 Å². The van der Waals surface area contributed by atoms with Crippen LogP contribution in [-0.4, -0.2) is 5.97 Å². The fourth-order valence-electron chi connectivity index (χ4n) is 8.13. The molecule has 0 aromatic heterocycles. The highest BCUT2D eigenvalue weighted by Gasteiger charge is 2.58. The summed E-state index contributed by atoms with van der Waals surface area (Å²) in [4.78, 5) is 12.4. The second-order valence-corrected chi connectivity index (χ2v) is 12.1. The Morgan fingerprint density at radius 2 is 1.77 bits per heavy atom. The molecule has 0 amide bonds. The van der Waals surface area contributed by atoms with E-state index in [1.807, 2.05) is 30.3 Å². The molecule has 0 aliphatic heterocycles.